The number of amides is 1. The van der Waals surface area contributed by atoms with E-state index < -0.39 is 17.3 Å². The number of fused-ring (bicyclic) bond motifs is 1. The van der Waals surface area contributed by atoms with Gasteiger partial charge in [0.1, 0.15) is 16.9 Å². The summed E-state index contributed by atoms with van der Waals surface area (Å²) in [6.07, 6.45) is 3.68. The fourth-order valence-corrected chi connectivity index (χ4v) is 3.28. The number of carbonyl (C=O) groups excluding carboxylic acids is 1. The zero-order chi connectivity index (χ0) is 22.2. The van der Waals surface area contributed by atoms with Gasteiger partial charge in [-0.25, -0.2) is 19.3 Å². The van der Waals surface area contributed by atoms with Gasteiger partial charge in [0, 0.05) is 6.54 Å². The maximum atomic E-state index is 12.4. The van der Waals surface area contributed by atoms with Gasteiger partial charge in [0.25, 0.3) is 0 Å². The van der Waals surface area contributed by atoms with Crippen LogP contribution in [0.15, 0.2) is 29.0 Å². The van der Waals surface area contributed by atoms with Crippen molar-refractivity contribution < 1.29 is 19.1 Å². The van der Waals surface area contributed by atoms with E-state index in [0.717, 1.165) is 0 Å². The van der Waals surface area contributed by atoms with Crippen LogP contribution in [0.25, 0.3) is 17.2 Å². The third-order valence-electron chi connectivity index (χ3n) is 4.63. The van der Waals surface area contributed by atoms with Gasteiger partial charge in [-0.05, 0) is 51.7 Å². The van der Waals surface area contributed by atoms with Gasteiger partial charge in [-0.3, -0.25) is 0 Å². The van der Waals surface area contributed by atoms with Crippen molar-refractivity contribution in [3.05, 3.63) is 30.3 Å². The molecule has 1 amide bonds. The maximum absolute atomic E-state index is 12.4. The first-order chi connectivity index (χ1) is 14.6. The van der Waals surface area contributed by atoms with Crippen LogP contribution in [0, 0.1) is 11.8 Å². The van der Waals surface area contributed by atoms with E-state index in [0.29, 0.717) is 42.3 Å². The number of ether oxygens (including phenoxy) is 1. The fourth-order valence-electron chi connectivity index (χ4n) is 3.28. The Morgan fingerprint density at radius 3 is 2.90 bits per heavy atom. The van der Waals surface area contributed by atoms with Gasteiger partial charge < -0.3 is 24.9 Å². The van der Waals surface area contributed by atoms with Gasteiger partial charge in [-0.2, -0.15) is 0 Å². The fraction of sp³-hybridized carbons (Fsp3) is 0.429. The third-order valence-corrected chi connectivity index (χ3v) is 4.63. The Bertz CT molecular complexity index is 1170. The van der Waals surface area contributed by atoms with Crippen LogP contribution >= 0.6 is 0 Å². The summed E-state index contributed by atoms with van der Waals surface area (Å²) in [5, 5.41) is 15.3. The highest BCUT2D eigenvalue weighted by molar-refractivity contribution is 5.68. The number of hydrogen-bond acceptors (Lipinski definition) is 8. The molecule has 0 spiro atoms. The van der Waals surface area contributed by atoms with Gasteiger partial charge >= 0.3 is 6.09 Å². The van der Waals surface area contributed by atoms with Crippen LogP contribution in [0.4, 0.5) is 10.6 Å². The predicted molar refractivity (Wildman–Crippen MR) is 112 cm³/mol. The molecule has 1 aliphatic heterocycles. The number of aromatic nitrogens is 4. The molecule has 4 rings (SSSR count). The molecule has 1 atom stereocenters. The lowest BCUT2D eigenvalue weighted by atomic mass is 9.93. The number of anilines is 1. The molecule has 10 heteroatoms. The molecule has 0 radical (unpaired) electrons. The molecule has 1 fully saturated rings. The Labute approximate surface area is 179 Å². The van der Waals surface area contributed by atoms with E-state index >= 15 is 0 Å². The summed E-state index contributed by atoms with van der Waals surface area (Å²) < 4.78 is 12.2. The number of hydrogen-bond donors (Lipinski definition) is 2. The molecule has 3 aromatic heterocycles. The molecule has 162 valence electrons. The van der Waals surface area contributed by atoms with Gasteiger partial charge in [-0.15, -0.1) is 5.10 Å². The molecule has 0 aromatic carbocycles. The Balaban J connectivity index is 1.56. The molecule has 3 N–H and O–H groups in total. The van der Waals surface area contributed by atoms with Crippen LogP contribution in [-0.4, -0.2) is 60.0 Å². The smallest absolute Gasteiger partial charge is 0.410 e. The number of nitrogens with two attached hydrogens (primary N) is 1. The van der Waals surface area contributed by atoms with Gasteiger partial charge in [-0.1, -0.05) is 5.92 Å². The highest BCUT2D eigenvalue weighted by Gasteiger charge is 2.35. The molecule has 31 heavy (non-hydrogen) atoms. The second kappa shape index (κ2) is 7.59. The minimum absolute atomic E-state index is 0.0542. The van der Waals surface area contributed by atoms with E-state index in [4.69, 9.17) is 14.9 Å². The SMILES string of the molecule is CC(C)(C)OC(=O)N1CCCC(O)(C#Cc2cn3nc(-c4ccco4)nc3c(N)n2)C1. The summed E-state index contributed by atoms with van der Waals surface area (Å²) >= 11 is 0. The molecule has 10 nitrogen and oxygen atoms in total. The molecule has 1 unspecified atom stereocenters. The largest absolute Gasteiger partial charge is 0.461 e. The number of nitrogen functional groups attached to an aromatic ring is 1. The lowest BCUT2D eigenvalue weighted by molar-refractivity contribution is -0.0153. The molecule has 3 aromatic rings. The molecular weight excluding hydrogens is 400 g/mol. The number of furan rings is 1. The van der Waals surface area contributed by atoms with E-state index in [2.05, 4.69) is 26.9 Å². The van der Waals surface area contributed by atoms with Gasteiger partial charge in [0.05, 0.1) is 19.0 Å². The standard InChI is InChI=1S/C21H24N6O4/c1-20(2,3)31-19(28)26-10-5-8-21(29,13-26)9-7-14-12-27-18(16(22)23-14)24-17(25-27)15-6-4-11-30-15/h4,6,11-12,29H,5,8,10,13H2,1-3H3,(H2,22,23). The Kier molecular flexibility index (Phi) is 5.07. The van der Waals surface area contributed by atoms with E-state index in [1.54, 1.807) is 39.1 Å². The van der Waals surface area contributed by atoms with Crippen LogP contribution in [0.5, 0.6) is 0 Å². The van der Waals surface area contributed by atoms with E-state index in [1.165, 1.54) is 15.7 Å². The minimum Gasteiger partial charge on any atom is -0.461 e. The Morgan fingerprint density at radius 2 is 2.19 bits per heavy atom. The van der Waals surface area contributed by atoms with Gasteiger partial charge in [0.2, 0.25) is 5.82 Å². The van der Waals surface area contributed by atoms with Crippen LogP contribution < -0.4 is 5.73 Å². The number of rotatable bonds is 1. The molecule has 0 saturated carbocycles. The highest BCUT2D eigenvalue weighted by atomic mass is 16.6. The monoisotopic (exact) mass is 424 g/mol. The summed E-state index contributed by atoms with van der Waals surface area (Å²) in [4.78, 5) is 22.4. The van der Waals surface area contributed by atoms with Gasteiger partial charge in [0.15, 0.2) is 17.2 Å². The first kappa shape index (κ1) is 20.7. The summed E-state index contributed by atoms with van der Waals surface area (Å²) in [6.45, 7) is 5.96. The zero-order valence-corrected chi connectivity index (χ0v) is 17.6. The van der Waals surface area contributed by atoms with E-state index in [1.807, 2.05) is 0 Å². The van der Waals surface area contributed by atoms with Crippen molar-refractivity contribution in [2.45, 2.75) is 44.8 Å². The molecule has 0 bridgehead atoms. The van der Waals surface area contributed by atoms with Crippen molar-refractivity contribution in [1.29, 1.82) is 0 Å². The molecule has 0 aliphatic carbocycles. The van der Waals surface area contributed by atoms with Crippen molar-refractivity contribution >= 4 is 17.6 Å². The first-order valence-electron chi connectivity index (χ1n) is 9.92. The van der Waals surface area contributed by atoms with Crippen LogP contribution in [0.1, 0.15) is 39.3 Å². The Morgan fingerprint density at radius 1 is 1.39 bits per heavy atom. The average Bonchev–Trinajstić information content (AvgIpc) is 3.35. The molecule has 1 aliphatic rings. The lowest BCUT2D eigenvalue weighted by Gasteiger charge is -2.36. The number of piperidine rings is 1. The molecular formula is C21H24N6O4. The lowest BCUT2D eigenvalue weighted by Crippen LogP contribution is -2.50. The summed E-state index contributed by atoms with van der Waals surface area (Å²) in [5.74, 6) is 6.75. The van der Waals surface area contributed by atoms with Crippen LogP contribution in [-0.2, 0) is 4.74 Å². The average molecular weight is 424 g/mol. The zero-order valence-electron chi connectivity index (χ0n) is 17.6. The van der Waals surface area contributed by atoms with Crippen LogP contribution in [0.2, 0.25) is 0 Å². The minimum atomic E-state index is -1.37. The van der Waals surface area contributed by atoms with Crippen molar-refractivity contribution in [1.82, 2.24) is 24.5 Å². The van der Waals surface area contributed by atoms with Crippen molar-refractivity contribution in [2.24, 2.45) is 0 Å². The Hall–Kier alpha value is -3.58. The first-order valence-corrected chi connectivity index (χ1v) is 9.92. The van der Waals surface area contributed by atoms with Crippen LogP contribution in [0.3, 0.4) is 0 Å². The number of nitrogens with zero attached hydrogens (tertiary/aromatic N) is 5. The quantitative estimate of drug-likeness (QED) is 0.568. The van der Waals surface area contributed by atoms with E-state index in [-0.39, 0.29) is 12.4 Å². The number of β-amino-alcohol motifs (C(OH)–C–C–N with tert-alkyl or cyclic N) is 1. The number of aliphatic hydroxyl groups is 1. The maximum Gasteiger partial charge on any atom is 0.410 e. The second-order valence-electron chi connectivity index (χ2n) is 8.48. The molecule has 4 heterocycles. The summed E-state index contributed by atoms with van der Waals surface area (Å²) in [6, 6.07) is 3.49. The highest BCUT2D eigenvalue weighted by Crippen LogP contribution is 2.23. The topological polar surface area (TPSA) is 132 Å². The molecule has 1 saturated heterocycles. The van der Waals surface area contributed by atoms with Crippen molar-refractivity contribution in [3.8, 4) is 23.4 Å². The van der Waals surface area contributed by atoms with Crippen molar-refractivity contribution in [3.63, 3.8) is 0 Å². The number of carbonyl (C=O) groups is 1. The van der Waals surface area contributed by atoms with Crippen molar-refractivity contribution in [2.75, 3.05) is 18.8 Å². The predicted octanol–water partition coefficient (Wildman–Crippen LogP) is 2.08. The summed E-state index contributed by atoms with van der Waals surface area (Å²) in [7, 11) is 0. The summed E-state index contributed by atoms with van der Waals surface area (Å²) in [5.41, 5.74) is 4.74. The third kappa shape index (κ3) is 4.62. The number of likely N-dealkylation sites (tertiary alicyclic amines) is 1. The normalized spacial score (nSPS) is 19.2. The van der Waals surface area contributed by atoms with E-state index in [9.17, 15) is 9.90 Å². The second-order valence-corrected chi connectivity index (χ2v) is 8.48.